The van der Waals surface area contributed by atoms with Crippen molar-refractivity contribution in [2.45, 2.75) is 4.90 Å². The van der Waals surface area contributed by atoms with E-state index in [9.17, 15) is 8.42 Å². The molecule has 0 fully saturated rings. The van der Waals surface area contributed by atoms with Gasteiger partial charge in [-0.05, 0) is 54.1 Å². The normalized spacial score (nSPS) is 12.3. The molecule has 1 heterocycles. The number of benzene rings is 3. The van der Waals surface area contributed by atoms with Gasteiger partial charge in [-0.15, -0.1) is 15.7 Å². The van der Waals surface area contributed by atoms with Gasteiger partial charge in [0.1, 0.15) is 0 Å². The average molecular weight is 506 g/mol. The smallest absolute Gasteiger partial charge is 0.284 e. The second kappa shape index (κ2) is 8.28. The fourth-order valence-corrected chi connectivity index (χ4v) is 5.28. The van der Waals surface area contributed by atoms with E-state index in [1.807, 2.05) is 64.5 Å². The molecule has 0 radical (unpaired) electrons. The monoisotopic (exact) mass is 504 g/mol. The van der Waals surface area contributed by atoms with Crippen LogP contribution in [-0.2, 0) is 10.0 Å². The Bertz CT molecular complexity index is 1310. The van der Waals surface area contributed by atoms with Gasteiger partial charge in [0.05, 0.1) is 10.6 Å². The zero-order chi connectivity index (χ0) is 20.4. The lowest BCUT2D eigenvalue weighted by molar-refractivity contribution is 0.596. The predicted octanol–water partition coefficient (Wildman–Crippen LogP) is 5.91. The zero-order valence-electron chi connectivity index (χ0n) is 14.9. The summed E-state index contributed by atoms with van der Waals surface area (Å²) < 4.78 is 32.7. The third-order valence-electron chi connectivity index (χ3n) is 4.17. The van der Waals surface area contributed by atoms with Crippen molar-refractivity contribution in [2.75, 3.05) is 0 Å². The molecule has 4 nitrogen and oxygen atoms in total. The number of para-hydroxylation sites is 1. The Labute approximate surface area is 185 Å². The summed E-state index contributed by atoms with van der Waals surface area (Å²) >= 11 is 10.6. The van der Waals surface area contributed by atoms with E-state index in [0.717, 1.165) is 21.4 Å². The van der Waals surface area contributed by atoms with Gasteiger partial charge in [-0.25, -0.2) is 0 Å². The van der Waals surface area contributed by atoms with Gasteiger partial charge in [-0.3, -0.25) is 4.57 Å². The first kappa shape index (κ1) is 20.1. The van der Waals surface area contributed by atoms with Crippen LogP contribution in [0.25, 0.3) is 16.9 Å². The first-order chi connectivity index (χ1) is 13.9. The van der Waals surface area contributed by atoms with Gasteiger partial charge < -0.3 is 0 Å². The molecular formula is C21H14BrClN2O2S2. The predicted molar refractivity (Wildman–Crippen MR) is 121 cm³/mol. The molecule has 8 heteroatoms. The van der Waals surface area contributed by atoms with Crippen molar-refractivity contribution >= 4 is 48.9 Å². The summed E-state index contributed by atoms with van der Waals surface area (Å²) in [5.41, 5.74) is 2.65. The lowest BCUT2D eigenvalue weighted by Gasteiger charge is -2.09. The Balaban J connectivity index is 1.93. The van der Waals surface area contributed by atoms with Crippen LogP contribution in [0.3, 0.4) is 0 Å². The van der Waals surface area contributed by atoms with Crippen LogP contribution in [-0.4, -0.2) is 13.0 Å². The highest BCUT2D eigenvalue weighted by atomic mass is 79.9. The molecular weight excluding hydrogens is 492 g/mol. The van der Waals surface area contributed by atoms with Crippen molar-refractivity contribution in [1.82, 2.24) is 4.57 Å². The summed E-state index contributed by atoms with van der Waals surface area (Å²) in [5, 5.41) is 2.38. The maximum atomic E-state index is 12.9. The summed E-state index contributed by atoms with van der Waals surface area (Å²) in [5.74, 6) is 0. The van der Waals surface area contributed by atoms with Crippen LogP contribution < -0.4 is 4.80 Å². The molecule has 0 saturated carbocycles. The van der Waals surface area contributed by atoms with Crippen molar-refractivity contribution in [3.05, 3.63) is 98.5 Å². The van der Waals surface area contributed by atoms with E-state index >= 15 is 0 Å². The number of nitrogens with zero attached hydrogens (tertiary/aromatic N) is 2. The van der Waals surface area contributed by atoms with Gasteiger partial charge in [-0.2, -0.15) is 8.42 Å². The Morgan fingerprint density at radius 1 is 0.897 bits per heavy atom. The van der Waals surface area contributed by atoms with Crippen LogP contribution in [0.5, 0.6) is 0 Å². The molecule has 0 aliphatic carbocycles. The number of aromatic nitrogens is 1. The molecule has 0 atom stereocenters. The Hall–Kier alpha value is -2.19. The van der Waals surface area contributed by atoms with E-state index in [4.69, 9.17) is 11.6 Å². The van der Waals surface area contributed by atoms with Gasteiger partial charge >= 0.3 is 0 Å². The molecule has 3 aromatic carbocycles. The number of rotatable bonds is 4. The number of sulfonamides is 1. The molecule has 4 aromatic rings. The fraction of sp³-hybridized carbons (Fsp3) is 0. The topological polar surface area (TPSA) is 51.4 Å². The van der Waals surface area contributed by atoms with E-state index in [0.29, 0.717) is 9.82 Å². The van der Waals surface area contributed by atoms with Crippen molar-refractivity contribution in [3.8, 4) is 16.9 Å². The van der Waals surface area contributed by atoms with Gasteiger partial charge in [0, 0.05) is 20.6 Å². The maximum absolute atomic E-state index is 12.9. The standard InChI is InChI=1S/C21H14BrClN2O2S2/c22-16-8-6-15(7-9-16)20-14-28-21(25(20)18-4-2-1-3-5-18)24-29(26,27)19-12-10-17(23)11-13-19/h1-14H/b24-21+. The third kappa shape index (κ3) is 4.38. The van der Waals surface area contributed by atoms with E-state index in [1.165, 1.54) is 35.6 Å². The second-order valence-corrected chi connectivity index (χ2v) is 9.89. The van der Waals surface area contributed by atoms with Gasteiger partial charge in [0.15, 0.2) is 0 Å². The van der Waals surface area contributed by atoms with Gasteiger partial charge in [-0.1, -0.05) is 57.9 Å². The fourth-order valence-electron chi connectivity index (χ4n) is 2.79. The first-order valence-electron chi connectivity index (χ1n) is 8.52. The van der Waals surface area contributed by atoms with Crippen LogP contribution in [0.4, 0.5) is 0 Å². The molecule has 4 rings (SSSR count). The molecule has 0 amide bonds. The molecule has 0 N–H and O–H groups in total. The van der Waals surface area contributed by atoms with E-state index < -0.39 is 10.0 Å². The molecule has 146 valence electrons. The minimum atomic E-state index is -3.89. The SMILES string of the molecule is O=S(=O)(/N=c1/scc(-c2ccc(Br)cc2)n1-c1ccccc1)c1ccc(Cl)cc1. The highest BCUT2D eigenvalue weighted by molar-refractivity contribution is 9.10. The molecule has 0 unspecified atom stereocenters. The van der Waals surface area contributed by atoms with E-state index in [1.54, 1.807) is 0 Å². The number of hydrogen-bond acceptors (Lipinski definition) is 3. The van der Waals surface area contributed by atoms with Crippen LogP contribution >= 0.6 is 38.9 Å². The summed E-state index contributed by atoms with van der Waals surface area (Å²) in [6.45, 7) is 0. The summed E-state index contributed by atoms with van der Waals surface area (Å²) in [6.07, 6.45) is 0. The number of hydrogen-bond donors (Lipinski definition) is 0. The quantitative estimate of drug-likeness (QED) is 0.346. The molecule has 0 spiro atoms. The molecule has 0 aliphatic heterocycles. The maximum Gasteiger partial charge on any atom is 0.285 e. The third-order valence-corrected chi connectivity index (χ3v) is 7.18. The second-order valence-electron chi connectivity index (χ2n) is 6.10. The number of halogens is 2. The molecule has 0 saturated heterocycles. The lowest BCUT2D eigenvalue weighted by atomic mass is 10.1. The largest absolute Gasteiger partial charge is 0.285 e. The van der Waals surface area contributed by atoms with Gasteiger partial charge in [0.2, 0.25) is 4.80 Å². The summed E-state index contributed by atoms with van der Waals surface area (Å²) in [4.78, 5) is 0.462. The Morgan fingerprint density at radius 3 is 2.21 bits per heavy atom. The minimum Gasteiger partial charge on any atom is -0.284 e. The summed E-state index contributed by atoms with van der Waals surface area (Å²) in [6, 6.07) is 23.4. The van der Waals surface area contributed by atoms with Crippen molar-refractivity contribution in [2.24, 2.45) is 4.40 Å². The van der Waals surface area contributed by atoms with Crippen molar-refractivity contribution in [1.29, 1.82) is 0 Å². The Kier molecular flexibility index (Phi) is 5.74. The lowest BCUT2D eigenvalue weighted by Crippen LogP contribution is -2.16. The number of thiazole rings is 1. The van der Waals surface area contributed by atoms with Crippen LogP contribution in [0.15, 0.2) is 98.0 Å². The average Bonchev–Trinajstić information content (AvgIpc) is 3.12. The molecule has 0 aliphatic rings. The molecule has 1 aromatic heterocycles. The first-order valence-corrected chi connectivity index (χ1v) is 12.0. The van der Waals surface area contributed by atoms with Crippen LogP contribution in [0, 0.1) is 0 Å². The van der Waals surface area contributed by atoms with Crippen molar-refractivity contribution in [3.63, 3.8) is 0 Å². The van der Waals surface area contributed by atoms with Crippen molar-refractivity contribution < 1.29 is 8.42 Å². The van der Waals surface area contributed by atoms with E-state index in [2.05, 4.69) is 20.3 Å². The minimum absolute atomic E-state index is 0.0973. The zero-order valence-corrected chi connectivity index (χ0v) is 18.8. The highest BCUT2D eigenvalue weighted by Crippen LogP contribution is 2.25. The van der Waals surface area contributed by atoms with Crippen LogP contribution in [0.2, 0.25) is 5.02 Å². The highest BCUT2D eigenvalue weighted by Gasteiger charge is 2.16. The van der Waals surface area contributed by atoms with Gasteiger partial charge in [0.25, 0.3) is 10.0 Å². The summed E-state index contributed by atoms with van der Waals surface area (Å²) in [7, 11) is -3.89. The van der Waals surface area contributed by atoms with E-state index in [-0.39, 0.29) is 4.90 Å². The molecule has 0 bridgehead atoms. The van der Waals surface area contributed by atoms with Crippen LogP contribution in [0.1, 0.15) is 0 Å². The Morgan fingerprint density at radius 2 is 1.55 bits per heavy atom. The molecule has 29 heavy (non-hydrogen) atoms.